The van der Waals surface area contributed by atoms with Gasteiger partial charge < -0.3 is 25.2 Å². The molecule has 4 N–H and O–H groups in total. The van der Waals surface area contributed by atoms with Crippen LogP contribution in [0.4, 0.5) is 0 Å². The van der Waals surface area contributed by atoms with Gasteiger partial charge in [-0.25, -0.2) is 0 Å². The predicted octanol–water partition coefficient (Wildman–Crippen LogP) is -1.40. The van der Waals surface area contributed by atoms with Crippen LogP contribution < -0.4 is 0 Å². The highest BCUT2D eigenvalue weighted by Gasteiger charge is 2.53. The molecule has 0 spiro atoms. The first-order valence-corrected chi connectivity index (χ1v) is 6.82. The van der Waals surface area contributed by atoms with E-state index in [-0.39, 0.29) is 6.61 Å². The van der Waals surface area contributed by atoms with Crippen molar-refractivity contribution in [3.63, 3.8) is 0 Å². The van der Waals surface area contributed by atoms with Crippen LogP contribution in [0.1, 0.15) is 25.7 Å². The smallest absolute Gasteiger partial charge is 0.221 e. The molecule has 0 aromatic carbocycles. The lowest BCUT2D eigenvalue weighted by molar-refractivity contribution is -0.296. The lowest BCUT2D eigenvalue weighted by Gasteiger charge is -2.29. The van der Waals surface area contributed by atoms with Crippen LogP contribution in [0.3, 0.4) is 0 Å². The van der Waals surface area contributed by atoms with Gasteiger partial charge in [0.1, 0.15) is 24.9 Å². The van der Waals surface area contributed by atoms with Crippen molar-refractivity contribution < 1.29 is 30.0 Å². The van der Waals surface area contributed by atoms with Crippen molar-refractivity contribution in [2.45, 2.75) is 49.8 Å². The first-order valence-electron chi connectivity index (χ1n) is 6.82. The molecule has 7 nitrogen and oxygen atoms in total. The summed E-state index contributed by atoms with van der Waals surface area (Å²) in [7, 11) is 0. The normalized spacial score (nSPS) is 41.4. The number of rotatable bonds is 4. The number of ether oxygens (including phenoxy) is 1. The summed E-state index contributed by atoms with van der Waals surface area (Å²) in [4.78, 5) is 5.47. The fourth-order valence-corrected chi connectivity index (χ4v) is 2.49. The SMILES string of the molecule is OC[C@@H]1OC(O)(CON2CCCCCC2)[C@@H](O)[C@@H]1O. The summed E-state index contributed by atoms with van der Waals surface area (Å²) in [5, 5.41) is 40.2. The van der Waals surface area contributed by atoms with E-state index in [1.54, 1.807) is 5.06 Å². The molecule has 0 aliphatic carbocycles. The maximum absolute atomic E-state index is 10.1. The minimum absolute atomic E-state index is 0.262. The molecule has 0 aromatic rings. The Kier molecular flexibility index (Phi) is 5.13. The summed E-state index contributed by atoms with van der Waals surface area (Å²) in [5.74, 6) is -1.97. The monoisotopic (exact) mass is 277 g/mol. The molecule has 0 aromatic heterocycles. The van der Waals surface area contributed by atoms with E-state index < -0.39 is 30.7 Å². The van der Waals surface area contributed by atoms with Crippen LogP contribution in [0.25, 0.3) is 0 Å². The lowest BCUT2D eigenvalue weighted by Crippen LogP contribution is -2.48. The number of aliphatic hydroxyl groups excluding tert-OH is 3. The Morgan fingerprint density at radius 1 is 1.16 bits per heavy atom. The van der Waals surface area contributed by atoms with Gasteiger partial charge in [0, 0.05) is 13.1 Å². The zero-order valence-electron chi connectivity index (χ0n) is 10.9. The third-order valence-corrected chi connectivity index (χ3v) is 3.72. The highest BCUT2D eigenvalue weighted by atomic mass is 16.7. The van der Waals surface area contributed by atoms with E-state index in [1.807, 2.05) is 0 Å². The Labute approximate surface area is 112 Å². The maximum Gasteiger partial charge on any atom is 0.221 e. The largest absolute Gasteiger partial charge is 0.394 e. The van der Waals surface area contributed by atoms with E-state index in [2.05, 4.69) is 0 Å². The summed E-state index contributed by atoms with van der Waals surface area (Å²) < 4.78 is 5.10. The van der Waals surface area contributed by atoms with E-state index in [0.717, 1.165) is 38.8 Å². The molecule has 2 fully saturated rings. The molecule has 2 aliphatic rings. The molecule has 0 amide bonds. The Morgan fingerprint density at radius 3 is 2.32 bits per heavy atom. The number of aliphatic hydroxyl groups is 4. The van der Waals surface area contributed by atoms with Crippen molar-refractivity contribution in [3.05, 3.63) is 0 Å². The van der Waals surface area contributed by atoms with Crippen molar-refractivity contribution in [1.29, 1.82) is 0 Å². The van der Waals surface area contributed by atoms with Crippen molar-refractivity contribution >= 4 is 0 Å². The number of nitrogens with zero attached hydrogens (tertiary/aromatic N) is 1. The zero-order valence-corrected chi connectivity index (χ0v) is 10.9. The molecule has 2 saturated heterocycles. The molecule has 0 radical (unpaired) electrons. The first-order chi connectivity index (χ1) is 9.07. The molecule has 2 rings (SSSR count). The molecule has 112 valence electrons. The van der Waals surface area contributed by atoms with Gasteiger partial charge in [0.25, 0.3) is 0 Å². The molecule has 1 unspecified atom stereocenters. The van der Waals surface area contributed by atoms with Crippen LogP contribution in [-0.2, 0) is 9.57 Å². The van der Waals surface area contributed by atoms with Crippen LogP contribution in [0, 0.1) is 0 Å². The molecular formula is C12H23NO6. The van der Waals surface area contributed by atoms with Crippen LogP contribution in [0.15, 0.2) is 0 Å². The third kappa shape index (κ3) is 3.43. The average molecular weight is 277 g/mol. The highest BCUT2D eigenvalue weighted by Crippen LogP contribution is 2.29. The van der Waals surface area contributed by atoms with Crippen LogP contribution in [-0.4, -0.2) is 75.9 Å². The van der Waals surface area contributed by atoms with Gasteiger partial charge in [-0.3, -0.25) is 4.84 Å². The van der Waals surface area contributed by atoms with Gasteiger partial charge in [0.05, 0.1) is 6.61 Å². The topological polar surface area (TPSA) is 103 Å². The minimum Gasteiger partial charge on any atom is -0.394 e. The predicted molar refractivity (Wildman–Crippen MR) is 64.9 cm³/mol. The summed E-state index contributed by atoms with van der Waals surface area (Å²) >= 11 is 0. The van der Waals surface area contributed by atoms with Crippen molar-refractivity contribution in [2.75, 3.05) is 26.3 Å². The summed E-state index contributed by atoms with van der Waals surface area (Å²) in [5.41, 5.74) is 0. The second kappa shape index (κ2) is 6.45. The van der Waals surface area contributed by atoms with E-state index in [4.69, 9.17) is 14.7 Å². The van der Waals surface area contributed by atoms with E-state index >= 15 is 0 Å². The van der Waals surface area contributed by atoms with E-state index in [9.17, 15) is 15.3 Å². The Balaban J connectivity index is 1.87. The molecule has 19 heavy (non-hydrogen) atoms. The lowest BCUT2D eigenvalue weighted by atomic mass is 10.1. The van der Waals surface area contributed by atoms with E-state index in [0.29, 0.717) is 0 Å². The minimum atomic E-state index is -1.97. The Hall–Kier alpha value is -0.280. The molecule has 2 heterocycles. The van der Waals surface area contributed by atoms with Gasteiger partial charge in [-0.05, 0) is 12.8 Å². The zero-order chi connectivity index (χ0) is 13.9. The second-order valence-corrected chi connectivity index (χ2v) is 5.24. The number of hydrogen-bond donors (Lipinski definition) is 4. The first kappa shape index (κ1) is 15.1. The van der Waals surface area contributed by atoms with Crippen molar-refractivity contribution in [1.82, 2.24) is 5.06 Å². The van der Waals surface area contributed by atoms with Crippen LogP contribution in [0.2, 0.25) is 0 Å². The highest BCUT2D eigenvalue weighted by molar-refractivity contribution is 4.95. The third-order valence-electron chi connectivity index (χ3n) is 3.72. The summed E-state index contributed by atoms with van der Waals surface area (Å²) in [6, 6.07) is 0. The van der Waals surface area contributed by atoms with Crippen molar-refractivity contribution in [3.8, 4) is 0 Å². The van der Waals surface area contributed by atoms with Crippen LogP contribution >= 0.6 is 0 Å². The standard InChI is InChI=1S/C12H23NO6/c14-7-9-10(15)11(16)12(17,19-9)8-18-13-5-3-1-2-4-6-13/h9-11,14-17H,1-8H2/t9-,10+,11-,12?/m0/s1. The molecule has 2 aliphatic heterocycles. The second-order valence-electron chi connectivity index (χ2n) is 5.24. The maximum atomic E-state index is 10.1. The fourth-order valence-electron chi connectivity index (χ4n) is 2.49. The molecule has 0 saturated carbocycles. The van der Waals surface area contributed by atoms with E-state index in [1.165, 1.54) is 0 Å². The molecular weight excluding hydrogens is 254 g/mol. The fraction of sp³-hybridized carbons (Fsp3) is 1.00. The quantitative estimate of drug-likeness (QED) is 0.501. The Morgan fingerprint density at radius 2 is 1.79 bits per heavy atom. The van der Waals surface area contributed by atoms with Crippen LogP contribution in [0.5, 0.6) is 0 Å². The van der Waals surface area contributed by atoms with Crippen molar-refractivity contribution in [2.24, 2.45) is 0 Å². The number of hydroxylamine groups is 2. The van der Waals surface area contributed by atoms with Gasteiger partial charge in [0.15, 0.2) is 0 Å². The van der Waals surface area contributed by atoms with Gasteiger partial charge in [-0.1, -0.05) is 12.8 Å². The average Bonchev–Trinajstić information content (AvgIpc) is 2.63. The van der Waals surface area contributed by atoms with Gasteiger partial charge in [0.2, 0.25) is 5.79 Å². The Bertz CT molecular complexity index is 283. The van der Waals surface area contributed by atoms with Gasteiger partial charge in [-0.15, -0.1) is 0 Å². The molecule has 4 atom stereocenters. The molecule has 0 bridgehead atoms. The summed E-state index contributed by atoms with van der Waals surface area (Å²) in [6.07, 6.45) is 0.586. The number of hydrogen-bond acceptors (Lipinski definition) is 7. The van der Waals surface area contributed by atoms with Gasteiger partial charge in [-0.2, -0.15) is 5.06 Å². The van der Waals surface area contributed by atoms with Gasteiger partial charge >= 0.3 is 0 Å². The molecule has 7 heteroatoms. The summed E-state index contributed by atoms with van der Waals surface area (Å²) in [6.45, 7) is 0.822.